The quantitative estimate of drug-likeness (QED) is 0.304. The molecule has 13 heteroatoms. The second kappa shape index (κ2) is 10.6. The summed E-state index contributed by atoms with van der Waals surface area (Å²) in [5.41, 5.74) is 2.08. The number of alkyl carbamates (subject to hydrolysis) is 1. The molecule has 1 aromatic carbocycles. The SMILES string of the molecule is C=CCOC(=O)N[C@@H]1C(=O)N2C(c3nnnn3Cc3ccc(OC)cc3)=C(COC(C)=O)CS[C@H]12. The Morgan fingerprint density at radius 3 is 2.74 bits per heavy atom. The highest BCUT2D eigenvalue weighted by Gasteiger charge is 2.54. The number of carbonyl (C=O) groups excluding carboxylic acids is 3. The first-order valence-corrected chi connectivity index (χ1v) is 11.7. The third-order valence-corrected chi connectivity index (χ3v) is 6.68. The van der Waals surface area contributed by atoms with E-state index in [1.165, 1.54) is 29.7 Å². The molecular weight excluding hydrogens is 476 g/mol. The molecule has 2 aliphatic rings. The van der Waals surface area contributed by atoms with Gasteiger partial charge in [0.15, 0.2) is 5.82 Å². The predicted octanol–water partition coefficient (Wildman–Crippen LogP) is 1.20. The third kappa shape index (κ3) is 5.14. The standard InChI is InChI=1S/C22H24N6O6S/c1-4-9-33-22(31)23-17-20(30)28-18(15(11-34-13(2)29)12-35-21(17)28)19-24-25-26-27(19)10-14-5-7-16(32-3)8-6-14/h4-8,17,21H,1,9-12H2,2-3H3,(H,23,31)/t17-,21-/m1/s1. The summed E-state index contributed by atoms with van der Waals surface area (Å²) in [7, 11) is 1.59. The van der Waals surface area contributed by atoms with Crippen LogP contribution in [-0.2, 0) is 25.6 Å². The molecule has 0 unspecified atom stereocenters. The fraction of sp³-hybridized carbons (Fsp3) is 0.364. The van der Waals surface area contributed by atoms with E-state index in [-0.39, 0.29) is 24.5 Å². The Kier molecular flexibility index (Phi) is 7.34. The third-order valence-electron chi connectivity index (χ3n) is 5.34. The fourth-order valence-corrected chi connectivity index (χ4v) is 5.01. The van der Waals surface area contributed by atoms with Crippen molar-refractivity contribution < 1.29 is 28.6 Å². The first-order chi connectivity index (χ1) is 16.9. The van der Waals surface area contributed by atoms with Crippen molar-refractivity contribution in [3.05, 3.63) is 53.9 Å². The highest BCUT2D eigenvalue weighted by molar-refractivity contribution is 8.00. The average Bonchev–Trinajstić information content (AvgIpc) is 3.32. The number of nitrogens with one attached hydrogen (secondary N) is 1. The number of nitrogens with zero attached hydrogens (tertiary/aromatic N) is 5. The van der Waals surface area contributed by atoms with Gasteiger partial charge in [0.05, 0.1) is 19.4 Å². The molecule has 2 atom stereocenters. The lowest BCUT2D eigenvalue weighted by atomic mass is 10.0. The molecule has 3 heterocycles. The van der Waals surface area contributed by atoms with Crippen LogP contribution in [0.4, 0.5) is 4.79 Å². The van der Waals surface area contributed by atoms with Gasteiger partial charge in [0.2, 0.25) is 0 Å². The van der Waals surface area contributed by atoms with Gasteiger partial charge >= 0.3 is 12.1 Å². The number of tetrazole rings is 1. The molecule has 4 rings (SSSR count). The highest BCUT2D eigenvalue weighted by Crippen LogP contribution is 2.43. The number of thioether (sulfide) groups is 1. The van der Waals surface area contributed by atoms with Gasteiger partial charge < -0.3 is 19.5 Å². The number of amides is 2. The molecule has 2 aromatic rings. The van der Waals surface area contributed by atoms with Gasteiger partial charge in [-0.3, -0.25) is 14.5 Å². The Morgan fingerprint density at radius 2 is 2.06 bits per heavy atom. The van der Waals surface area contributed by atoms with Crippen LogP contribution in [0.3, 0.4) is 0 Å². The van der Waals surface area contributed by atoms with Gasteiger partial charge in [-0.05, 0) is 28.1 Å². The number of benzene rings is 1. The maximum absolute atomic E-state index is 13.1. The van der Waals surface area contributed by atoms with Gasteiger partial charge in [0.1, 0.15) is 30.4 Å². The minimum absolute atomic E-state index is 0.0109. The predicted molar refractivity (Wildman–Crippen MR) is 125 cm³/mol. The summed E-state index contributed by atoms with van der Waals surface area (Å²) in [4.78, 5) is 38.1. The van der Waals surface area contributed by atoms with Crippen molar-refractivity contribution in [1.29, 1.82) is 0 Å². The van der Waals surface area contributed by atoms with Crippen LogP contribution in [-0.4, -0.2) is 80.6 Å². The van der Waals surface area contributed by atoms with Crippen molar-refractivity contribution in [3.63, 3.8) is 0 Å². The Balaban J connectivity index is 1.62. The van der Waals surface area contributed by atoms with Crippen LogP contribution in [0.15, 0.2) is 42.5 Å². The Morgan fingerprint density at radius 1 is 1.29 bits per heavy atom. The molecule has 0 aliphatic carbocycles. The number of carbonyl (C=O) groups is 3. The van der Waals surface area contributed by atoms with E-state index in [0.29, 0.717) is 29.4 Å². The van der Waals surface area contributed by atoms with E-state index in [0.717, 1.165) is 11.3 Å². The van der Waals surface area contributed by atoms with E-state index in [1.54, 1.807) is 11.8 Å². The summed E-state index contributed by atoms with van der Waals surface area (Å²) in [6, 6.07) is 6.68. The number of methoxy groups -OCH3 is 1. The van der Waals surface area contributed by atoms with Crippen LogP contribution >= 0.6 is 11.8 Å². The Hall–Kier alpha value is -3.87. The summed E-state index contributed by atoms with van der Waals surface area (Å²) in [5.74, 6) is 0.745. The van der Waals surface area contributed by atoms with Crippen LogP contribution in [0.1, 0.15) is 18.3 Å². The maximum Gasteiger partial charge on any atom is 0.408 e. The van der Waals surface area contributed by atoms with Crippen molar-refractivity contribution in [3.8, 4) is 5.75 Å². The zero-order valence-electron chi connectivity index (χ0n) is 19.2. The second-order valence-corrected chi connectivity index (χ2v) is 8.76. The average molecular weight is 501 g/mol. The summed E-state index contributed by atoms with van der Waals surface area (Å²) in [5, 5.41) is 14.3. The highest BCUT2D eigenvalue weighted by atomic mass is 32.2. The topological polar surface area (TPSA) is 138 Å². The lowest BCUT2D eigenvalue weighted by Gasteiger charge is -2.49. The minimum Gasteiger partial charge on any atom is -0.497 e. The van der Waals surface area contributed by atoms with Crippen molar-refractivity contribution in [2.75, 3.05) is 26.1 Å². The first-order valence-electron chi connectivity index (χ1n) is 10.7. The fourth-order valence-electron chi connectivity index (χ4n) is 3.68. The normalized spacial score (nSPS) is 18.9. The largest absolute Gasteiger partial charge is 0.497 e. The molecular formula is C22H24N6O6S. The van der Waals surface area contributed by atoms with E-state index in [2.05, 4.69) is 27.4 Å². The second-order valence-electron chi connectivity index (χ2n) is 7.66. The van der Waals surface area contributed by atoms with Crippen molar-refractivity contribution >= 4 is 35.4 Å². The number of aromatic nitrogens is 4. The molecule has 1 aromatic heterocycles. The molecule has 0 bridgehead atoms. The number of β-lactam (4-membered cyclic amide) rings is 1. The van der Waals surface area contributed by atoms with E-state index in [4.69, 9.17) is 14.2 Å². The molecule has 1 fully saturated rings. The smallest absolute Gasteiger partial charge is 0.408 e. The van der Waals surface area contributed by atoms with E-state index in [1.807, 2.05) is 24.3 Å². The van der Waals surface area contributed by atoms with Gasteiger partial charge in [-0.2, -0.15) is 0 Å². The van der Waals surface area contributed by atoms with Crippen LogP contribution in [0.2, 0.25) is 0 Å². The Labute approximate surface area is 205 Å². The van der Waals surface area contributed by atoms with Crippen molar-refractivity contribution in [2.45, 2.75) is 24.9 Å². The lowest BCUT2D eigenvalue weighted by Crippen LogP contribution is -2.69. The number of hydrogen-bond acceptors (Lipinski definition) is 10. The number of ether oxygens (including phenoxy) is 3. The molecule has 184 valence electrons. The van der Waals surface area contributed by atoms with Gasteiger partial charge in [-0.15, -0.1) is 16.9 Å². The monoisotopic (exact) mass is 500 g/mol. The molecule has 0 radical (unpaired) electrons. The van der Waals surface area contributed by atoms with Gasteiger partial charge in [0, 0.05) is 18.2 Å². The molecule has 35 heavy (non-hydrogen) atoms. The van der Waals surface area contributed by atoms with Gasteiger partial charge in [-0.25, -0.2) is 9.48 Å². The molecule has 1 N–H and O–H groups in total. The zero-order valence-corrected chi connectivity index (χ0v) is 20.0. The maximum atomic E-state index is 13.1. The van der Waals surface area contributed by atoms with Gasteiger partial charge in [0.25, 0.3) is 5.91 Å². The number of esters is 1. The van der Waals surface area contributed by atoms with Crippen LogP contribution in [0.25, 0.3) is 5.70 Å². The molecule has 2 aliphatic heterocycles. The van der Waals surface area contributed by atoms with Gasteiger partial charge in [-0.1, -0.05) is 24.8 Å². The molecule has 1 saturated heterocycles. The van der Waals surface area contributed by atoms with Crippen LogP contribution in [0.5, 0.6) is 5.75 Å². The summed E-state index contributed by atoms with van der Waals surface area (Å²) in [6.45, 7) is 5.17. The molecule has 2 amide bonds. The van der Waals surface area contributed by atoms with Crippen molar-refractivity contribution in [2.24, 2.45) is 0 Å². The lowest BCUT2D eigenvalue weighted by molar-refractivity contribution is -0.140. The summed E-state index contributed by atoms with van der Waals surface area (Å²) < 4.78 is 17.0. The number of fused-ring (bicyclic) bond motifs is 1. The summed E-state index contributed by atoms with van der Waals surface area (Å²) in [6.07, 6.45) is 0.735. The Bertz CT molecular complexity index is 1160. The zero-order chi connectivity index (χ0) is 24.9. The van der Waals surface area contributed by atoms with E-state index in [9.17, 15) is 14.4 Å². The van der Waals surface area contributed by atoms with Crippen LogP contribution in [0, 0.1) is 0 Å². The van der Waals surface area contributed by atoms with Crippen molar-refractivity contribution in [1.82, 2.24) is 30.4 Å². The summed E-state index contributed by atoms with van der Waals surface area (Å²) >= 11 is 1.44. The molecule has 0 saturated carbocycles. The first kappa shape index (κ1) is 24.3. The van der Waals surface area contributed by atoms with E-state index >= 15 is 0 Å². The van der Waals surface area contributed by atoms with E-state index < -0.39 is 18.1 Å². The number of hydrogen-bond donors (Lipinski definition) is 1. The minimum atomic E-state index is -0.770. The number of rotatable bonds is 9. The molecule has 12 nitrogen and oxygen atoms in total. The molecule has 0 spiro atoms. The van der Waals surface area contributed by atoms with Crippen LogP contribution < -0.4 is 10.1 Å².